The molecule has 0 spiro atoms. The fourth-order valence-electron chi connectivity index (χ4n) is 3.20. The number of nitrogen functional groups attached to an aromatic ring is 1. The first-order valence-corrected chi connectivity index (χ1v) is 8.53. The van der Waals surface area contributed by atoms with Crippen LogP contribution in [0.2, 0.25) is 0 Å². The summed E-state index contributed by atoms with van der Waals surface area (Å²) in [7, 11) is 3.23. The minimum atomic E-state index is 0.647. The van der Waals surface area contributed by atoms with Crippen molar-refractivity contribution in [2.45, 2.75) is 6.92 Å². The largest absolute Gasteiger partial charge is 0.493 e. The second-order valence-corrected chi connectivity index (χ2v) is 6.35. The highest BCUT2D eigenvalue weighted by atomic mass is 16.5. The molecule has 0 unspecified atom stereocenters. The predicted molar refractivity (Wildman–Crippen MR) is 107 cm³/mol. The van der Waals surface area contributed by atoms with Gasteiger partial charge in [-0.3, -0.25) is 5.10 Å². The second-order valence-electron chi connectivity index (χ2n) is 6.35. The quantitative estimate of drug-likeness (QED) is 0.533. The van der Waals surface area contributed by atoms with Crippen LogP contribution in [0.1, 0.15) is 5.56 Å². The molecule has 0 atom stereocenters. The van der Waals surface area contributed by atoms with Crippen LogP contribution in [-0.4, -0.2) is 29.4 Å². The van der Waals surface area contributed by atoms with Crippen LogP contribution in [0, 0.1) is 6.92 Å². The molecular weight excluding hydrogens is 340 g/mol. The van der Waals surface area contributed by atoms with Gasteiger partial charge in [-0.2, -0.15) is 5.10 Å². The number of aromatic nitrogens is 3. The minimum Gasteiger partial charge on any atom is -0.493 e. The zero-order valence-electron chi connectivity index (χ0n) is 15.4. The highest BCUT2D eigenvalue weighted by Crippen LogP contribution is 2.35. The summed E-state index contributed by atoms with van der Waals surface area (Å²) in [6.07, 6.45) is 1.79. The molecule has 4 aromatic rings. The molecule has 0 aliphatic rings. The summed E-state index contributed by atoms with van der Waals surface area (Å²) < 4.78 is 10.7. The highest BCUT2D eigenvalue weighted by Gasteiger charge is 2.14. The standard InChI is InChI=1S/C21H20N4O2/c1-12-4-6-15(17(22)8-12)14-9-16-20(24-25-21(16)23-11-14)13-5-7-18(26-2)19(10-13)27-3/h4-11H,22H2,1-3H3,(H,23,24,25). The molecule has 2 heterocycles. The molecule has 0 saturated carbocycles. The zero-order chi connectivity index (χ0) is 19.0. The summed E-state index contributed by atoms with van der Waals surface area (Å²) in [5, 5.41) is 8.32. The fraction of sp³-hybridized carbons (Fsp3) is 0.143. The monoisotopic (exact) mass is 360 g/mol. The SMILES string of the molecule is COc1ccc(-c2[nH]nc3ncc(-c4ccc(C)cc4N)cc23)cc1OC. The summed E-state index contributed by atoms with van der Waals surface area (Å²) >= 11 is 0. The Morgan fingerprint density at radius 2 is 1.74 bits per heavy atom. The van der Waals surface area contributed by atoms with Crippen LogP contribution in [-0.2, 0) is 0 Å². The zero-order valence-corrected chi connectivity index (χ0v) is 15.4. The van der Waals surface area contributed by atoms with Crippen LogP contribution >= 0.6 is 0 Å². The molecule has 3 N–H and O–H groups in total. The number of nitrogens with zero attached hydrogens (tertiary/aromatic N) is 2. The molecule has 0 aliphatic heterocycles. The number of benzene rings is 2. The lowest BCUT2D eigenvalue weighted by Crippen LogP contribution is -1.92. The van der Waals surface area contributed by atoms with Gasteiger partial charge in [0, 0.05) is 34.0 Å². The molecular formula is C21H20N4O2. The van der Waals surface area contributed by atoms with Gasteiger partial charge < -0.3 is 15.2 Å². The van der Waals surface area contributed by atoms with Gasteiger partial charge in [-0.05, 0) is 42.8 Å². The molecule has 27 heavy (non-hydrogen) atoms. The average molecular weight is 360 g/mol. The Hall–Kier alpha value is -3.54. The van der Waals surface area contributed by atoms with E-state index in [-0.39, 0.29) is 0 Å². The Morgan fingerprint density at radius 3 is 2.48 bits per heavy atom. The third-order valence-electron chi connectivity index (χ3n) is 4.60. The van der Waals surface area contributed by atoms with Crippen LogP contribution in [0.15, 0.2) is 48.7 Å². The van der Waals surface area contributed by atoms with E-state index in [1.165, 1.54) is 0 Å². The highest BCUT2D eigenvalue weighted by molar-refractivity contribution is 5.94. The summed E-state index contributed by atoms with van der Waals surface area (Å²) in [6.45, 7) is 2.02. The van der Waals surface area contributed by atoms with Gasteiger partial charge in [0.1, 0.15) is 0 Å². The number of hydrogen-bond donors (Lipinski definition) is 2. The molecule has 0 saturated heterocycles. The van der Waals surface area contributed by atoms with E-state index in [1.807, 2.05) is 43.3 Å². The second kappa shape index (κ2) is 6.64. The van der Waals surface area contributed by atoms with E-state index in [1.54, 1.807) is 20.4 Å². The number of fused-ring (bicyclic) bond motifs is 1. The minimum absolute atomic E-state index is 0.647. The Morgan fingerprint density at radius 1 is 0.926 bits per heavy atom. The van der Waals surface area contributed by atoms with Gasteiger partial charge in [0.2, 0.25) is 0 Å². The van der Waals surface area contributed by atoms with E-state index in [4.69, 9.17) is 15.2 Å². The van der Waals surface area contributed by atoms with Gasteiger partial charge >= 0.3 is 0 Å². The maximum Gasteiger partial charge on any atom is 0.181 e. The molecule has 0 bridgehead atoms. The number of aryl methyl sites for hydroxylation is 1. The summed E-state index contributed by atoms with van der Waals surface area (Å²) in [4.78, 5) is 4.49. The first kappa shape index (κ1) is 16.9. The maximum atomic E-state index is 6.21. The van der Waals surface area contributed by atoms with Gasteiger partial charge in [0.05, 0.1) is 19.9 Å². The molecule has 4 rings (SSSR count). The molecule has 6 nitrogen and oxygen atoms in total. The number of rotatable bonds is 4. The maximum absolute atomic E-state index is 6.21. The Kier molecular flexibility index (Phi) is 4.16. The van der Waals surface area contributed by atoms with Crippen LogP contribution in [0.3, 0.4) is 0 Å². The summed E-state index contributed by atoms with van der Waals surface area (Å²) in [5.41, 5.74) is 12.4. The van der Waals surface area contributed by atoms with Crippen molar-refractivity contribution in [2.75, 3.05) is 20.0 Å². The van der Waals surface area contributed by atoms with Crippen molar-refractivity contribution in [3.63, 3.8) is 0 Å². The lowest BCUT2D eigenvalue weighted by molar-refractivity contribution is 0.355. The van der Waals surface area contributed by atoms with Gasteiger partial charge in [-0.15, -0.1) is 0 Å². The molecule has 2 aromatic heterocycles. The Balaban J connectivity index is 1.86. The molecule has 136 valence electrons. The number of aromatic amines is 1. The number of ether oxygens (including phenoxy) is 2. The summed E-state index contributed by atoms with van der Waals surface area (Å²) in [5.74, 6) is 1.33. The first-order valence-electron chi connectivity index (χ1n) is 8.53. The third kappa shape index (κ3) is 2.95. The van der Waals surface area contributed by atoms with E-state index >= 15 is 0 Å². The fourth-order valence-corrected chi connectivity index (χ4v) is 3.20. The van der Waals surface area contributed by atoms with Crippen molar-refractivity contribution in [3.8, 4) is 33.9 Å². The number of anilines is 1. The average Bonchev–Trinajstić information content (AvgIpc) is 3.10. The van der Waals surface area contributed by atoms with Crippen LogP contribution in [0.25, 0.3) is 33.4 Å². The Bertz CT molecular complexity index is 1130. The molecule has 0 fully saturated rings. The van der Waals surface area contributed by atoms with Crippen molar-refractivity contribution in [1.29, 1.82) is 0 Å². The number of pyridine rings is 1. The number of methoxy groups -OCH3 is 2. The van der Waals surface area contributed by atoms with Crippen molar-refractivity contribution in [3.05, 3.63) is 54.2 Å². The number of nitrogens with two attached hydrogens (primary N) is 1. The van der Waals surface area contributed by atoms with E-state index in [2.05, 4.69) is 21.2 Å². The summed E-state index contributed by atoms with van der Waals surface area (Å²) in [6, 6.07) is 13.8. The smallest absolute Gasteiger partial charge is 0.181 e. The molecule has 0 aliphatic carbocycles. The molecule has 2 aromatic carbocycles. The van der Waals surface area contributed by atoms with Crippen LogP contribution in [0.5, 0.6) is 11.5 Å². The number of hydrogen-bond acceptors (Lipinski definition) is 5. The predicted octanol–water partition coefficient (Wildman–Crippen LogP) is 4.20. The van der Waals surface area contributed by atoms with E-state index in [0.717, 1.165) is 39.0 Å². The third-order valence-corrected chi connectivity index (χ3v) is 4.60. The number of nitrogens with one attached hydrogen (secondary N) is 1. The lowest BCUT2D eigenvalue weighted by Gasteiger charge is -2.09. The Labute approximate surface area is 157 Å². The molecule has 0 amide bonds. The van der Waals surface area contributed by atoms with Crippen molar-refractivity contribution >= 4 is 16.7 Å². The van der Waals surface area contributed by atoms with Crippen LogP contribution < -0.4 is 15.2 Å². The first-order chi connectivity index (χ1) is 13.1. The van der Waals surface area contributed by atoms with Crippen LogP contribution in [0.4, 0.5) is 5.69 Å². The van der Waals surface area contributed by atoms with Gasteiger partial charge in [-0.1, -0.05) is 12.1 Å². The molecule has 6 heteroatoms. The van der Waals surface area contributed by atoms with E-state index < -0.39 is 0 Å². The topological polar surface area (TPSA) is 86.0 Å². The molecule has 0 radical (unpaired) electrons. The van der Waals surface area contributed by atoms with Gasteiger partial charge in [-0.25, -0.2) is 4.98 Å². The van der Waals surface area contributed by atoms with Crippen molar-refractivity contribution in [1.82, 2.24) is 15.2 Å². The normalized spacial score (nSPS) is 10.9. The van der Waals surface area contributed by atoms with E-state index in [9.17, 15) is 0 Å². The van der Waals surface area contributed by atoms with Gasteiger partial charge in [0.15, 0.2) is 17.1 Å². The van der Waals surface area contributed by atoms with E-state index in [0.29, 0.717) is 17.1 Å². The lowest BCUT2D eigenvalue weighted by atomic mass is 10.0. The van der Waals surface area contributed by atoms with Crippen molar-refractivity contribution in [2.24, 2.45) is 0 Å². The van der Waals surface area contributed by atoms with Crippen molar-refractivity contribution < 1.29 is 9.47 Å². The van der Waals surface area contributed by atoms with Gasteiger partial charge in [0.25, 0.3) is 0 Å². The number of H-pyrrole nitrogens is 1.